The second-order valence-electron chi connectivity index (χ2n) is 5.04. The fourth-order valence-electron chi connectivity index (χ4n) is 1.37. The Balaban J connectivity index is 2.66. The normalized spacial score (nSPS) is 10.4. The smallest absolute Gasteiger partial charge is 0.217 e. The Morgan fingerprint density at radius 2 is 1.82 bits per heavy atom. The van der Waals surface area contributed by atoms with Crippen LogP contribution in [0, 0.1) is 11.8 Å². The van der Waals surface area contributed by atoms with Gasteiger partial charge in [-0.1, -0.05) is 48.8 Å². The highest BCUT2D eigenvalue weighted by Gasteiger charge is 2.15. The lowest BCUT2D eigenvalue weighted by Gasteiger charge is -2.15. The van der Waals surface area contributed by atoms with E-state index in [2.05, 4.69) is 48.9 Å². The standard InChI is InChI=1S/C14H19NOSi/c1-12(16)15-11-5-6-13-7-9-14(10-8-13)17(2,3)4/h7-10H,11H2,1-4H3,(H,15,16). The molecule has 1 aromatic rings. The van der Waals surface area contributed by atoms with Crippen LogP contribution in [0.15, 0.2) is 24.3 Å². The molecule has 0 heterocycles. The van der Waals surface area contributed by atoms with Gasteiger partial charge in [-0.2, -0.15) is 0 Å². The highest BCUT2D eigenvalue weighted by atomic mass is 28.3. The number of carbonyl (C=O) groups is 1. The van der Waals surface area contributed by atoms with Crippen molar-refractivity contribution < 1.29 is 4.79 Å². The van der Waals surface area contributed by atoms with Gasteiger partial charge in [0.25, 0.3) is 0 Å². The Morgan fingerprint density at radius 1 is 1.24 bits per heavy atom. The van der Waals surface area contributed by atoms with Crippen LogP contribution in [0.25, 0.3) is 0 Å². The summed E-state index contributed by atoms with van der Waals surface area (Å²) in [5.41, 5.74) is 0.998. The summed E-state index contributed by atoms with van der Waals surface area (Å²) in [6, 6.07) is 8.42. The number of amides is 1. The zero-order valence-electron chi connectivity index (χ0n) is 10.9. The predicted molar refractivity (Wildman–Crippen MR) is 75.0 cm³/mol. The average molecular weight is 245 g/mol. The first-order valence-electron chi connectivity index (χ1n) is 5.73. The van der Waals surface area contributed by atoms with Crippen molar-refractivity contribution >= 4 is 19.2 Å². The molecule has 17 heavy (non-hydrogen) atoms. The molecule has 0 aliphatic carbocycles. The van der Waals surface area contributed by atoms with E-state index >= 15 is 0 Å². The van der Waals surface area contributed by atoms with Crippen LogP contribution < -0.4 is 10.5 Å². The lowest BCUT2D eigenvalue weighted by molar-refractivity contribution is -0.118. The van der Waals surface area contributed by atoms with Crippen LogP contribution in [-0.2, 0) is 4.79 Å². The highest BCUT2D eigenvalue weighted by Crippen LogP contribution is 2.03. The molecule has 3 heteroatoms. The number of rotatable bonds is 2. The molecule has 0 unspecified atom stereocenters. The van der Waals surface area contributed by atoms with Crippen LogP contribution in [0.4, 0.5) is 0 Å². The predicted octanol–water partition coefficient (Wildman–Crippen LogP) is 1.72. The molecule has 90 valence electrons. The first-order valence-corrected chi connectivity index (χ1v) is 9.23. The van der Waals surface area contributed by atoms with Crippen molar-refractivity contribution in [2.75, 3.05) is 6.54 Å². The maximum Gasteiger partial charge on any atom is 0.217 e. The van der Waals surface area contributed by atoms with E-state index in [1.165, 1.54) is 12.1 Å². The summed E-state index contributed by atoms with van der Waals surface area (Å²) in [5, 5.41) is 4.08. The molecule has 0 radical (unpaired) electrons. The van der Waals surface area contributed by atoms with Gasteiger partial charge in [-0.05, 0) is 12.1 Å². The van der Waals surface area contributed by atoms with Crippen molar-refractivity contribution in [3.05, 3.63) is 29.8 Å². The lowest BCUT2D eigenvalue weighted by Crippen LogP contribution is -2.37. The van der Waals surface area contributed by atoms with Gasteiger partial charge in [0.2, 0.25) is 5.91 Å². The topological polar surface area (TPSA) is 29.1 Å². The molecule has 0 aromatic heterocycles. The summed E-state index contributed by atoms with van der Waals surface area (Å²) < 4.78 is 0. The third-order valence-corrected chi connectivity index (χ3v) is 4.47. The minimum atomic E-state index is -1.21. The van der Waals surface area contributed by atoms with Crippen LogP contribution in [0.3, 0.4) is 0 Å². The zero-order chi connectivity index (χ0) is 12.9. The van der Waals surface area contributed by atoms with E-state index in [-0.39, 0.29) is 5.91 Å². The Labute approximate surface area is 104 Å². The molecule has 0 aliphatic heterocycles. The van der Waals surface area contributed by atoms with E-state index in [0.717, 1.165) is 5.56 Å². The summed E-state index contributed by atoms with van der Waals surface area (Å²) in [5.74, 6) is 5.90. The number of nitrogens with one attached hydrogen (secondary N) is 1. The monoisotopic (exact) mass is 245 g/mol. The summed E-state index contributed by atoms with van der Waals surface area (Å²) in [6.07, 6.45) is 0. The van der Waals surface area contributed by atoms with Crippen molar-refractivity contribution in [1.82, 2.24) is 5.32 Å². The highest BCUT2D eigenvalue weighted by molar-refractivity contribution is 6.88. The van der Waals surface area contributed by atoms with Crippen LogP contribution in [0.2, 0.25) is 19.6 Å². The van der Waals surface area contributed by atoms with Crippen LogP contribution in [0.5, 0.6) is 0 Å². The third kappa shape index (κ3) is 4.88. The minimum Gasteiger partial charge on any atom is -0.345 e. The van der Waals surface area contributed by atoms with Crippen molar-refractivity contribution in [2.45, 2.75) is 26.6 Å². The first-order chi connectivity index (χ1) is 7.89. The van der Waals surface area contributed by atoms with E-state index in [4.69, 9.17) is 0 Å². The van der Waals surface area contributed by atoms with Crippen molar-refractivity contribution in [1.29, 1.82) is 0 Å². The van der Waals surface area contributed by atoms with Crippen molar-refractivity contribution in [3.63, 3.8) is 0 Å². The van der Waals surface area contributed by atoms with Crippen molar-refractivity contribution in [2.24, 2.45) is 0 Å². The zero-order valence-corrected chi connectivity index (χ0v) is 11.9. The van der Waals surface area contributed by atoms with Gasteiger partial charge in [0.1, 0.15) is 0 Å². The molecule has 0 atom stereocenters. The number of carbonyl (C=O) groups excluding carboxylic acids is 1. The molecular formula is C14H19NOSi. The lowest BCUT2D eigenvalue weighted by atomic mass is 10.2. The van der Waals surface area contributed by atoms with Crippen LogP contribution >= 0.6 is 0 Å². The first kappa shape index (κ1) is 13.5. The molecular weight excluding hydrogens is 226 g/mol. The van der Waals surface area contributed by atoms with Gasteiger partial charge >= 0.3 is 0 Å². The Bertz CT molecular complexity index is 446. The SMILES string of the molecule is CC(=O)NCC#Cc1ccc([Si](C)(C)C)cc1. The summed E-state index contributed by atoms with van der Waals surface area (Å²) in [7, 11) is -1.21. The van der Waals surface area contributed by atoms with Crippen molar-refractivity contribution in [3.8, 4) is 11.8 Å². The van der Waals surface area contributed by atoms with Gasteiger partial charge in [-0.25, -0.2) is 0 Å². The summed E-state index contributed by atoms with van der Waals surface area (Å²) in [4.78, 5) is 10.6. The molecule has 1 amide bonds. The Kier molecular flexibility index (Phi) is 4.53. The van der Waals surface area contributed by atoms with Gasteiger partial charge in [-0.15, -0.1) is 0 Å². The van der Waals surface area contributed by atoms with E-state index in [1.54, 1.807) is 0 Å². The summed E-state index contributed by atoms with van der Waals surface area (Å²) in [6.45, 7) is 8.87. The molecule has 0 saturated heterocycles. The van der Waals surface area contributed by atoms with E-state index < -0.39 is 8.07 Å². The third-order valence-electron chi connectivity index (χ3n) is 2.41. The van der Waals surface area contributed by atoms with E-state index in [1.807, 2.05) is 12.1 Å². The van der Waals surface area contributed by atoms with Gasteiger partial charge in [0.05, 0.1) is 14.6 Å². The maximum atomic E-state index is 10.6. The van der Waals surface area contributed by atoms with Gasteiger partial charge < -0.3 is 5.32 Å². The minimum absolute atomic E-state index is 0.0478. The Morgan fingerprint density at radius 3 is 2.29 bits per heavy atom. The molecule has 0 aliphatic rings. The maximum absolute atomic E-state index is 10.6. The molecule has 0 saturated carbocycles. The molecule has 0 fully saturated rings. The molecule has 2 nitrogen and oxygen atoms in total. The van der Waals surface area contributed by atoms with Crippen LogP contribution in [-0.4, -0.2) is 20.5 Å². The molecule has 0 spiro atoms. The number of hydrogen-bond acceptors (Lipinski definition) is 1. The quantitative estimate of drug-likeness (QED) is 0.624. The average Bonchev–Trinajstić information content (AvgIpc) is 2.23. The Hall–Kier alpha value is -1.53. The second kappa shape index (κ2) is 5.69. The second-order valence-corrected chi connectivity index (χ2v) is 10.1. The molecule has 1 aromatic carbocycles. The molecule has 0 bridgehead atoms. The largest absolute Gasteiger partial charge is 0.345 e. The fourth-order valence-corrected chi connectivity index (χ4v) is 2.54. The van der Waals surface area contributed by atoms with Gasteiger partial charge in [0, 0.05) is 12.5 Å². The van der Waals surface area contributed by atoms with E-state index in [0.29, 0.717) is 6.54 Å². The molecule has 1 N–H and O–H groups in total. The fraction of sp³-hybridized carbons (Fsp3) is 0.357. The van der Waals surface area contributed by atoms with Gasteiger partial charge in [0.15, 0.2) is 0 Å². The summed E-state index contributed by atoms with van der Waals surface area (Å²) >= 11 is 0. The van der Waals surface area contributed by atoms with Crippen LogP contribution in [0.1, 0.15) is 12.5 Å². The number of benzene rings is 1. The molecule has 1 rings (SSSR count). The van der Waals surface area contributed by atoms with Gasteiger partial charge in [-0.3, -0.25) is 4.79 Å². The van der Waals surface area contributed by atoms with E-state index in [9.17, 15) is 4.79 Å². The number of hydrogen-bond donors (Lipinski definition) is 1.